The van der Waals surface area contributed by atoms with Crippen molar-refractivity contribution in [1.82, 2.24) is 15.2 Å². The van der Waals surface area contributed by atoms with E-state index >= 15 is 0 Å². The predicted molar refractivity (Wildman–Crippen MR) is 69.4 cm³/mol. The van der Waals surface area contributed by atoms with Crippen LogP contribution in [0, 0.1) is 5.82 Å². The van der Waals surface area contributed by atoms with Crippen LogP contribution >= 0.6 is 12.4 Å². The smallest absolute Gasteiger partial charge is 0.272 e. The summed E-state index contributed by atoms with van der Waals surface area (Å²) < 4.78 is 12.7. The number of pyridine rings is 1. The van der Waals surface area contributed by atoms with E-state index in [0.717, 1.165) is 6.20 Å². The fraction of sp³-hybridized carbons (Fsp3) is 0.500. The van der Waals surface area contributed by atoms with Crippen LogP contribution in [0.4, 0.5) is 4.39 Å². The van der Waals surface area contributed by atoms with Gasteiger partial charge in [-0.15, -0.1) is 12.4 Å². The van der Waals surface area contributed by atoms with E-state index in [1.54, 1.807) is 4.90 Å². The van der Waals surface area contributed by atoms with Crippen LogP contribution < -0.4 is 5.32 Å². The van der Waals surface area contributed by atoms with E-state index in [1.807, 2.05) is 13.8 Å². The maximum absolute atomic E-state index is 12.7. The number of carbonyl (C=O) groups is 1. The van der Waals surface area contributed by atoms with E-state index in [1.165, 1.54) is 12.1 Å². The number of hydrogen-bond acceptors (Lipinski definition) is 3. The summed E-state index contributed by atoms with van der Waals surface area (Å²) in [6.07, 6.45) is 1.07. The van der Waals surface area contributed by atoms with Crippen LogP contribution in [-0.4, -0.2) is 41.0 Å². The highest BCUT2D eigenvalue weighted by Gasteiger charge is 2.25. The lowest BCUT2D eigenvalue weighted by Gasteiger charge is -2.35. The molecule has 2 heterocycles. The van der Waals surface area contributed by atoms with Crippen molar-refractivity contribution in [3.05, 3.63) is 29.8 Å². The number of rotatable bonds is 1. The summed E-state index contributed by atoms with van der Waals surface area (Å²) in [4.78, 5) is 17.7. The maximum atomic E-state index is 12.7. The normalized spacial score (nSPS) is 23.4. The molecule has 2 rings (SSSR count). The molecule has 1 aromatic rings. The van der Waals surface area contributed by atoms with Gasteiger partial charge in [-0.25, -0.2) is 9.37 Å². The second-order valence-electron chi connectivity index (χ2n) is 4.54. The molecule has 0 spiro atoms. The van der Waals surface area contributed by atoms with Crippen LogP contribution in [0.5, 0.6) is 0 Å². The fourth-order valence-corrected chi connectivity index (χ4v) is 2.16. The standard InChI is InChI=1S/C12H16FN3O.ClH/c1-8-6-16(7-9(2)15-8)12(17)11-4-3-10(13)5-14-11;/h3-5,8-9,15H,6-7H2,1-2H3;1H. The van der Waals surface area contributed by atoms with Crippen LogP contribution in [0.1, 0.15) is 24.3 Å². The van der Waals surface area contributed by atoms with E-state index in [0.29, 0.717) is 18.8 Å². The molecule has 100 valence electrons. The highest BCUT2D eigenvalue weighted by molar-refractivity contribution is 5.92. The topological polar surface area (TPSA) is 45.2 Å². The average molecular weight is 274 g/mol. The quantitative estimate of drug-likeness (QED) is 0.843. The molecule has 4 nitrogen and oxygen atoms in total. The summed E-state index contributed by atoms with van der Waals surface area (Å²) in [6, 6.07) is 3.22. The molecule has 1 aliphatic heterocycles. The minimum atomic E-state index is -0.427. The van der Waals surface area contributed by atoms with Gasteiger partial charge in [0.05, 0.1) is 6.20 Å². The number of hydrogen-bond donors (Lipinski definition) is 1. The molecule has 1 aromatic heterocycles. The zero-order valence-corrected chi connectivity index (χ0v) is 11.2. The summed E-state index contributed by atoms with van der Waals surface area (Å²) in [5.74, 6) is -0.561. The number of aromatic nitrogens is 1. The Morgan fingerprint density at radius 3 is 2.50 bits per heavy atom. The lowest BCUT2D eigenvalue weighted by atomic mass is 10.1. The van der Waals surface area contributed by atoms with Gasteiger partial charge in [0.15, 0.2) is 0 Å². The fourth-order valence-electron chi connectivity index (χ4n) is 2.16. The zero-order chi connectivity index (χ0) is 12.4. The van der Waals surface area contributed by atoms with Gasteiger partial charge in [-0.3, -0.25) is 4.79 Å². The molecule has 2 atom stereocenters. The van der Waals surface area contributed by atoms with Gasteiger partial charge in [0.1, 0.15) is 11.5 Å². The minimum Gasteiger partial charge on any atom is -0.334 e. The Hall–Kier alpha value is -1.20. The molecule has 1 fully saturated rings. The van der Waals surface area contributed by atoms with E-state index in [-0.39, 0.29) is 30.4 Å². The molecule has 1 saturated heterocycles. The third kappa shape index (κ3) is 3.40. The number of nitrogens with one attached hydrogen (secondary N) is 1. The van der Waals surface area contributed by atoms with Gasteiger partial charge in [-0.05, 0) is 26.0 Å². The first-order valence-corrected chi connectivity index (χ1v) is 5.73. The van der Waals surface area contributed by atoms with E-state index in [9.17, 15) is 9.18 Å². The summed E-state index contributed by atoms with van der Waals surface area (Å²) in [7, 11) is 0. The Morgan fingerprint density at radius 1 is 1.39 bits per heavy atom. The summed E-state index contributed by atoms with van der Waals surface area (Å²) in [5, 5.41) is 3.35. The van der Waals surface area contributed by atoms with Gasteiger partial charge >= 0.3 is 0 Å². The Bertz CT molecular complexity index is 402. The molecule has 2 unspecified atom stereocenters. The Morgan fingerprint density at radius 2 is 2.00 bits per heavy atom. The monoisotopic (exact) mass is 273 g/mol. The molecular formula is C12H17ClFN3O. The van der Waals surface area contributed by atoms with Crippen LogP contribution in [0.3, 0.4) is 0 Å². The molecule has 0 aliphatic carbocycles. The van der Waals surface area contributed by atoms with Gasteiger partial charge in [0.25, 0.3) is 5.91 Å². The summed E-state index contributed by atoms with van der Waals surface area (Å²) in [5.41, 5.74) is 0.299. The first-order chi connectivity index (χ1) is 8.06. The van der Waals surface area contributed by atoms with Gasteiger partial charge in [0.2, 0.25) is 0 Å². The highest BCUT2D eigenvalue weighted by atomic mass is 35.5. The molecule has 1 aliphatic rings. The van der Waals surface area contributed by atoms with Crippen LogP contribution in [0.25, 0.3) is 0 Å². The first-order valence-electron chi connectivity index (χ1n) is 5.73. The van der Waals surface area contributed by atoms with E-state index < -0.39 is 5.82 Å². The van der Waals surface area contributed by atoms with E-state index in [4.69, 9.17) is 0 Å². The lowest BCUT2D eigenvalue weighted by Crippen LogP contribution is -2.55. The molecule has 0 saturated carbocycles. The largest absolute Gasteiger partial charge is 0.334 e. The number of piperazine rings is 1. The van der Waals surface area contributed by atoms with Gasteiger partial charge in [-0.1, -0.05) is 0 Å². The lowest BCUT2D eigenvalue weighted by molar-refractivity contribution is 0.0667. The van der Waals surface area contributed by atoms with Gasteiger partial charge in [0, 0.05) is 25.2 Å². The second kappa shape index (κ2) is 6.11. The van der Waals surface area contributed by atoms with Crippen molar-refractivity contribution in [3.8, 4) is 0 Å². The minimum absolute atomic E-state index is 0. The third-order valence-electron chi connectivity index (χ3n) is 2.79. The van der Waals surface area contributed by atoms with Crippen molar-refractivity contribution in [2.45, 2.75) is 25.9 Å². The number of halogens is 2. The Kier molecular flexibility index (Phi) is 5.04. The molecule has 1 amide bonds. The van der Waals surface area contributed by atoms with Gasteiger partial charge in [-0.2, -0.15) is 0 Å². The van der Waals surface area contributed by atoms with Gasteiger partial charge < -0.3 is 10.2 Å². The molecular weight excluding hydrogens is 257 g/mol. The third-order valence-corrected chi connectivity index (χ3v) is 2.79. The molecule has 6 heteroatoms. The maximum Gasteiger partial charge on any atom is 0.272 e. The second-order valence-corrected chi connectivity index (χ2v) is 4.54. The summed E-state index contributed by atoms with van der Waals surface area (Å²) in [6.45, 7) is 5.38. The van der Waals surface area contributed by atoms with Crippen molar-refractivity contribution in [1.29, 1.82) is 0 Å². The average Bonchev–Trinajstić information content (AvgIpc) is 2.28. The predicted octanol–water partition coefficient (Wildman–Crippen LogP) is 1.46. The first kappa shape index (κ1) is 14.9. The zero-order valence-electron chi connectivity index (χ0n) is 10.4. The number of amides is 1. The SMILES string of the molecule is CC1CN(C(=O)c2ccc(F)cn2)CC(C)N1.Cl. The molecule has 0 radical (unpaired) electrons. The van der Waals surface area contributed by atoms with Crippen molar-refractivity contribution in [2.75, 3.05) is 13.1 Å². The molecule has 0 aromatic carbocycles. The molecule has 18 heavy (non-hydrogen) atoms. The molecule has 0 bridgehead atoms. The number of nitrogens with zero attached hydrogens (tertiary/aromatic N) is 2. The summed E-state index contributed by atoms with van der Waals surface area (Å²) >= 11 is 0. The molecule has 1 N–H and O–H groups in total. The Labute approximate surface area is 112 Å². The van der Waals surface area contributed by atoms with Crippen molar-refractivity contribution in [3.63, 3.8) is 0 Å². The number of carbonyl (C=O) groups excluding carboxylic acids is 1. The Balaban J connectivity index is 0.00000162. The van der Waals surface area contributed by atoms with Crippen molar-refractivity contribution in [2.24, 2.45) is 0 Å². The highest BCUT2D eigenvalue weighted by Crippen LogP contribution is 2.09. The van der Waals surface area contributed by atoms with E-state index in [2.05, 4.69) is 10.3 Å². The van der Waals surface area contributed by atoms with Crippen LogP contribution in [0.2, 0.25) is 0 Å². The van der Waals surface area contributed by atoms with Crippen molar-refractivity contribution >= 4 is 18.3 Å². The van der Waals surface area contributed by atoms with Crippen LogP contribution in [-0.2, 0) is 0 Å². The van der Waals surface area contributed by atoms with Crippen molar-refractivity contribution < 1.29 is 9.18 Å². The van der Waals surface area contributed by atoms with Crippen LogP contribution in [0.15, 0.2) is 18.3 Å².